The molecule has 0 atom stereocenters. The second kappa shape index (κ2) is 3.95. The number of hydrogen-bond donors (Lipinski definition) is 1. The predicted molar refractivity (Wildman–Crippen MR) is 53.9 cm³/mol. The van der Waals surface area contributed by atoms with E-state index in [1.54, 1.807) is 0 Å². The molecule has 1 aromatic carbocycles. The standard InChI is InChI=1S/C10H10BrF2N/c11-6-3-9(12)8(10(13)4-6)5-14-7-1-2-7/h3-4,7,14H,1-2,5H2. The Morgan fingerprint density at radius 2 is 1.86 bits per heavy atom. The molecule has 1 aliphatic carbocycles. The van der Waals surface area contributed by atoms with E-state index in [0.29, 0.717) is 10.5 Å². The van der Waals surface area contributed by atoms with Crippen molar-refractivity contribution in [2.45, 2.75) is 25.4 Å². The van der Waals surface area contributed by atoms with Gasteiger partial charge in [0.15, 0.2) is 0 Å². The number of nitrogens with one attached hydrogen (secondary N) is 1. The number of benzene rings is 1. The Labute approximate surface area is 89.6 Å². The zero-order valence-electron chi connectivity index (χ0n) is 7.49. The highest BCUT2D eigenvalue weighted by Gasteiger charge is 2.21. The molecule has 0 heterocycles. The van der Waals surface area contributed by atoms with E-state index >= 15 is 0 Å². The molecule has 1 saturated carbocycles. The fourth-order valence-corrected chi connectivity index (χ4v) is 1.68. The van der Waals surface area contributed by atoms with Crippen molar-refractivity contribution < 1.29 is 8.78 Å². The molecule has 0 radical (unpaired) electrons. The van der Waals surface area contributed by atoms with Crippen LogP contribution in [0.15, 0.2) is 16.6 Å². The zero-order chi connectivity index (χ0) is 10.1. The molecule has 1 fully saturated rings. The van der Waals surface area contributed by atoms with Crippen molar-refractivity contribution in [3.05, 3.63) is 33.8 Å². The largest absolute Gasteiger partial charge is 0.310 e. The van der Waals surface area contributed by atoms with Crippen LogP contribution in [0, 0.1) is 11.6 Å². The van der Waals surface area contributed by atoms with Crippen LogP contribution in [-0.4, -0.2) is 6.04 Å². The van der Waals surface area contributed by atoms with Gasteiger partial charge in [0.2, 0.25) is 0 Å². The molecular weight excluding hydrogens is 252 g/mol. The van der Waals surface area contributed by atoms with Gasteiger partial charge in [0.1, 0.15) is 11.6 Å². The minimum atomic E-state index is -0.495. The summed E-state index contributed by atoms with van der Waals surface area (Å²) in [5.41, 5.74) is 0.125. The van der Waals surface area contributed by atoms with Crippen LogP contribution < -0.4 is 5.32 Å². The maximum atomic E-state index is 13.3. The van der Waals surface area contributed by atoms with E-state index in [1.165, 1.54) is 12.1 Å². The first-order valence-corrected chi connectivity index (χ1v) is 5.33. The maximum Gasteiger partial charge on any atom is 0.131 e. The number of rotatable bonds is 3. The highest BCUT2D eigenvalue weighted by Crippen LogP contribution is 2.22. The summed E-state index contributed by atoms with van der Waals surface area (Å²) in [6, 6.07) is 3.03. The second-order valence-corrected chi connectivity index (χ2v) is 4.42. The summed E-state index contributed by atoms with van der Waals surface area (Å²) in [6.07, 6.45) is 2.22. The van der Waals surface area contributed by atoms with Crippen LogP contribution in [0.4, 0.5) is 8.78 Å². The van der Waals surface area contributed by atoms with E-state index < -0.39 is 11.6 Å². The minimum absolute atomic E-state index is 0.125. The lowest BCUT2D eigenvalue weighted by atomic mass is 10.2. The first-order valence-electron chi connectivity index (χ1n) is 4.53. The van der Waals surface area contributed by atoms with Gasteiger partial charge in [0.25, 0.3) is 0 Å². The van der Waals surface area contributed by atoms with Crippen LogP contribution in [0.3, 0.4) is 0 Å². The van der Waals surface area contributed by atoms with Gasteiger partial charge in [-0.05, 0) is 25.0 Å². The molecule has 0 bridgehead atoms. The molecule has 76 valence electrons. The molecule has 1 N–H and O–H groups in total. The molecule has 14 heavy (non-hydrogen) atoms. The maximum absolute atomic E-state index is 13.3. The topological polar surface area (TPSA) is 12.0 Å². The summed E-state index contributed by atoms with van der Waals surface area (Å²) in [6.45, 7) is 0.273. The van der Waals surface area contributed by atoms with Crippen LogP contribution in [-0.2, 0) is 6.54 Å². The van der Waals surface area contributed by atoms with Gasteiger partial charge in [-0.3, -0.25) is 0 Å². The lowest BCUT2D eigenvalue weighted by Gasteiger charge is -2.06. The summed E-state index contributed by atoms with van der Waals surface area (Å²) in [5, 5.41) is 3.08. The van der Waals surface area contributed by atoms with Gasteiger partial charge >= 0.3 is 0 Å². The SMILES string of the molecule is Fc1cc(Br)cc(F)c1CNC1CC1. The fourth-order valence-electron chi connectivity index (χ4n) is 1.27. The quantitative estimate of drug-likeness (QED) is 0.883. The summed E-state index contributed by atoms with van der Waals surface area (Å²) >= 11 is 3.04. The van der Waals surface area contributed by atoms with E-state index in [4.69, 9.17) is 0 Å². The molecular formula is C10H10BrF2N. The summed E-state index contributed by atoms with van der Waals surface area (Å²) in [7, 11) is 0. The van der Waals surface area contributed by atoms with Crippen LogP contribution >= 0.6 is 15.9 Å². The lowest BCUT2D eigenvalue weighted by molar-refractivity contribution is 0.533. The van der Waals surface area contributed by atoms with Crippen LogP contribution in [0.25, 0.3) is 0 Å². The molecule has 1 nitrogen and oxygen atoms in total. The van der Waals surface area contributed by atoms with E-state index in [0.717, 1.165) is 12.8 Å². The van der Waals surface area contributed by atoms with Gasteiger partial charge in [-0.15, -0.1) is 0 Å². The fraction of sp³-hybridized carbons (Fsp3) is 0.400. The Kier molecular flexibility index (Phi) is 2.83. The van der Waals surface area contributed by atoms with Gasteiger partial charge in [-0.25, -0.2) is 8.78 Å². The van der Waals surface area contributed by atoms with E-state index in [1.807, 2.05) is 0 Å². The molecule has 0 unspecified atom stereocenters. The lowest BCUT2D eigenvalue weighted by Crippen LogP contribution is -2.17. The van der Waals surface area contributed by atoms with Gasteiger partial charge in [0, 0.05) is 22.6 Å². The van der Waals surface area contributed by atoms with Crippen molar-refractivity contribution in [1.29, 1.82) is 0 Å². The van der Waals surface area contributed by atoms with Gasteiger partial charge in [0.05, 0.1) is 0 Å². The van der Waals surface area contributed by atoms with Crippen molar-refractivity contribution >= 4 is 15.9 Å². The number of hydrogen-bond acceptors (Lipinski definition) is 1. The van der Waals surface area contributed by atoms with E-state index in [-0.39, 0.29) is 12.1 Å². The number of halogens is 3. The van der Waals surface area contributed by atoms with Gasteiger partial charge in [-0.2, -0.15) is 0 Å². The van der Waals surface area contributed by atoms with Crippen molar-refractivity contribution in [2.75, 3.05) is 0 Å². The molecule has 4 heteroatoms. The van der Waals surface area contributed by atoms with Crippen molar-refractivity contribution in [2.24, 2.45) is 0 Å². The molecule has 0 aliphatic heterocycles. The minimum Gasteiger partial charge on any atom is -0.310 e. The monoisotopic (exact) mass is 261 g/mol. The Hall–Kier alpha value is -0.480. The van der Waals surface area contributed by atoms with E-state index in [9.17, 15) is 8.78 Å². The van der Waals surface area contributed by atoms with Crippen molar-refractivity contribution in [3.63, 3.8) is 0 Å². The Bertz CT molecular complexity index is 327. The average Bonchev–Trinajstić information content (AvgIpc) is 2.85. The molecule has 1 aliphatic rings. The molecule has 0 amide bonds. The Morgan fingerprint density at radius 1 is 1.29 bits per heavy atom. The molecule has 0 aromatic heterocycles. The third-order valence-electron chi connectivity index (χ3n) is 2.25. The molecule has 0 spiro atoms. The highest BCUT2D eigenvalue weighted by atomic mass is 79.9. The van der Waals surface area contributed by atoms with Crippen molar-refractivity contribution in [1.82, 2.24) is 5.32 Å². The average molecular weight is 262 g/mol. The van der Waals surface area contributed by atoms with Gasteiger partial charge < -0.3 is 5.32 Å². The summed E-state index contributed by atoms with van der Waals surface area (Å²) in [4.78, 5) is 0. The highest BCUT2D eigenvalue weighted by molar-refractivity contribution is 9.10. The Balaban J connectivity index is 2.13. The zero-order valence-corrected chi connectivity index (χ0v) is 9.07. The normalized spacial score (nSPS) is 15.9. The molecule has 2 rings (SSSR count). The molecule has 1 aromatic rings. The summed E-state index contributed by atoms with van der Waals surface area (Å²) in [5.74, 6) is -0.991. The van der Waals surface area contributed by atoms with E-state index in [2.05, 4.69) is 21.2 Å². The first-order chi connectivity index (χ1) is 6.66. The smallest absolute Gasteiger partial charge is 0.131 e. The second-order valence-electron chi connectivity index (χ2n) is 3.50. The third-order valence-corrected chi connectivity index (χ3v) is 2.71. The van der Waals surface area contributed by atoms with Crippen LogP contribution in [0.1, 0.15) is 18.4 Å². The van der Waals surface area contributed by atoms with Crippen molar-refractivity contribution in [3.8, 4) is 0 Å². The predicted octanol–water partition coefficient (Wildman–Crippen LogP) is 2.98. The first kappa shape index (κ1) is 10.1. The van der Waals surface area contributed by atoms with Crippen LogP contribution in [0.5, 0.6) is 0 Å². The molecule has 0 saturated heterocycles. The van der Waals surface area contributed by atoms with Crippen LogP contribution in [0.2, 0.25) is 0 Å². The van der Waals surface area contributed by atoms with Gasteiger partial charge in [-0.1, -0.05) is 15.9 Å². The third kappa shape index (κ3) is 2.30. The summed E-state index contributed by atoms with van der Waals surface area (Å²) < 4.78 is 27.0. The Morgan fingerprint density at radius 3 is 2.36 bits per heavy atom.